The highest BCUT2D eigenvalue weighted by atomic mass is 16.1. The van der Waals surface area contributed by atoms with Crippen molar-refractivity contribution in [3.8, 4) is 0 Å². The number of hydrogen-bond acceptors (Lipinski definition) is 2. The van der Waals surface area contributed by atoms with E-state index < -0.39 is 0 Å². The largest absolute Gasteiger partial charge is 0.326 e. The topological polar surface area (TPSA) is 32.3 Å². The third-order valence-electron chi connectivity index (χ3n) is 5.57. The first-order valence-corrected chi connectivity index (χ1v) is 9.57. The van der Waals surface area contributed by atoms with Gasteiger partial charge in [0.25, 0.3) is 0 Å². The Hall–Kier alpha value is -2.39. The summed E-state index contributed by atoms with van der Waals surface area (Å²) in [5.41, 5.74) is 5.01. The molecule has 2 aliphatic rings. The number of rotatable bonds is 4. The van der Waals surface area contributed by atoms with Gasteiger partial charge in [-0.2, -0.15) is 0 Å². The fraction of sp³-hybridized carbons (Fsp3) is 0.348. The van der Waals surface area contributed by atoms with Gasteiger partial charge in [-0.05, 0) is 48.1 Å². The van der Waals surface area contributed by atoms with Gasteiger partial charge in [0.05, 0.1) is 0 Å². The molecular weight excluding hydrogens is 320 g/mol. The zero-order chi connectivity index (χ0) is 17.9. The lowest BCUT2D eigenvalue weighted by Gasteiger charge is -2.45. The Morgan fingerprint density at radius 1 is 1.08 bits per heavy atom. The molecule has 2 atom stereocenters. The second kappa shape index (κ2) is 7.46. The number of fused-ring (bicyclic) bond motifs is 2. The van der Waals surface area contributed by atoms with Gasteiger partial charge in [-0.25, -0.2) is 0 Å². The lowest BCUT2D eigenvalue weighted by Crippen LogP contribution is -2.47. The highest BCUT2D eigenvalue weighted by molar-refractivity contribution is 5.88. The predicted octanol–water partition coefficient (Wildman–Crippen LogP) is 4.86. The van der Waals surface area contributed by atoms with Crippen LogP contribution in [0, 0.1) is 0 Å². The normalized spacial score (nSPS) is 22.6. The lowest BCUT2D eigenvalue weighted by molar-refractivity contribution is -0.114. The average molecular weight is 346 g/mol. The van der Waals surface area contributed by atoms with Crippen molar-refractivity contribution in [2.75, 3.05) is 5.32 Å². The van der Waals surface area contributed by atoms with E-state index in [1.807, 2.05) is 12.1 Å². The molecule has 0 radical (unpaired) electrons. The molecule has 0 spiro atoms. The summed E-state index contributed by atoms with van der Waals surface area (Å²) in [6, 6.07) is 20.3. The maximum absolute atomic E-state index is 11.2. The van der Waals surface area contributed by atoms with Crippen LogP contribution < -0.4 is 5.32 Å². The number of benzene rings is 2. The predicted molar refractivity (Wildman–Crippen MR) is 107 cm³/mol. The van der Waals surface area contributed by atoms with E-state index in [1.54, 1.807) is 6.92 Å². The minimum Gasteiger partial charge on any atom is -0.326 e. The third-order valence-corrected chi connectivity index (χ3v) is 5.57. The molecule has 2 aromatic carbocycles. The molecular formula is C23H26N2O. The third kappa shape index (κ3) is 3.73. The molecule has 0 aliphatic carbocycles. The summed E-state index contributed by atoms with van der Waals surface area (Å²) in [7, 11) is 0. The van der Waals surface area contributed by atoms with Gasteiger partial charge in [0.15, 0.2) is 0 Å². The maximum atomic E-state index is 11.2. The fourth-order valence-electron chi connectivity index (χ4n) is 4.34. The van der Waals surface area contributed by atoms with Crippen LogP contribution in [-0.2, 0) is 11.3 Å². The SMILES string of the molecule is CC(=O)Nc1ccc(C2=CC3CCCC(C2)N3Cc2ccccc2)cc1. The molecule has 3 nitrogen and oxygen atoms in total. The van der Waals surface area contributed by atoms with E-state index in [0.717, 1.165) is 18.7 Å². The molecule has 26 heavy (non-hydrogen) atoms. The molecule has 1 fully saturated rings. The molecule has 1 N–H and O–H groups in total. The van der Waals surface area contributed by atoms with E-state index in [9.17, 15) is 4.79 Å². The van der Waals surface area contributed by atoms with Crippen molar-refractivity contribution in [3.63, 3.8) is 0 Å². The zero-order valence-electron chi connectivity index (χ0n) is 15.3. The fourth-order valence-corrected chi connectivity index (χ4v) is 4.34. The molecule has 3 heteroatoms. The molecule has 1 saturated heterocycles. The number of anilines is 1. The van der Waals surface area contributed by atoms with E-state index in [4.69, 9.17) is 0 Å². The van der Waals surface area contributed by atoms with Crippen LogP contribution in [0.15, 0.2) is 60.7 Å². The number of hydrogen-bond donors (Lipinski definition) is 1. The van der Waals surface area contributed by atoms with Crippen LogP contribution in [0.25, 0.3) is 5.57 Å². The van der Waals surface area contributed by atoms with Crippen molar-refractivity contribution in [2.24, 2.45) is 0 Å². The van der Waals surface area contributed by atoms with Crippen LogP contribution in [0.5, 0.6) is 0 Å². The highest BCUT2D eigenvalue weighted by Crippen LogP contribution is 2.38. The first kappa shape index (κ1) is 17.0. The Labute approximate surface area is 155 Å². The van der Waals surface area contributed by atoms with Gasteiger partial charge in [-0.15, -0.1) is 0 Å². The van der Waals surface area contributed by atoms with Gasteiger partial charge in [0, 0.05) is 31.2 Å². The minimum absolute atomic E-state index is 0.0271. The second-order valence-corrected chi connectivity index (χ2v) is 7.46. The summed E-state index contributed by atoms with van der Waals surface area (Å²) in [6.45, 7) is 2.58. The molecule has 2 aromatic rings. The Balaban J connectivity index is 1.53. The Morgan fingerprint density at radius 3 is 2.54 bits per heavy atom. The van der Waals surface area contributed by atoms with Crippen molar-refractivity contribution < 1.29 is 4.79 Å². The van der Waals surface area contributed by atoms with Crippen molar-refractivity contribution in [1.29, 1.82) is 0 Å². The smallest absolute Gasteiger partial charge is 0.221 e. The number of carbonyl (C=O) groups is 1. The number of carbonyl (C=O) groups excluding carboxylic acids is 1. The van der Waals surface area contributed by atoms with Crippen molar-refractivity contribution in [1.82, 2.24) is 4.90 Å². The van der Waals surface area contributed by atoms with Crippen LogP contribution >= 0.6 is 0 Å². The summed E-state index contributed by atoms with van der Waals surface area (Å²) in [5.74, 6) is -0.0271. The van der Waals surface area contributed by atoms with Gasteiger partial charge in [-0.3, -0.25) is 9.69 Å². The van der Waals surface area contributed by atoms with Crippen LogP contribution in [-0.4, -0.2) is 22.9 Å². The number of nitrogens with one attached hydrogen (secondary N) is 1. The monoisotopic (exact) mass is 346 g/mol. The van der Waals surface area contributed by atoms with Crippen molar-refractivity contribution >= 4 is 17.2 Å². The summed E-state index contributed by atoms with van der Waals surface area (Å²) in [4.78, 5) is 13.9. The molecule has 0 saturated carbocycles. The Morgan fingerprint density at radius 2 is 1.85 bits per heavy atom. The molecule has 2 bridgehead atoms. The maximum Gasteiger partial charge on any atom is 0.221 e. The van der Waals surface area contributed by atoms with Crippen LogP contribution in [0.1, 0.15) is 43.7 Å². The van der Waals surface area contributed by atoms with E-state index in [2.05, 4.69) is 58.8 Å². The van der Waals surface area contributed by atoms with Crippen LogP contribution in [0.4, 0.5) is 5.69 Å². The summed E-state index contributed by atoms with van der Waals surface area (Å²) >= 11 is 0. The second-order valence-electron chi connectivity index (χ2n) is 7.46. The zero-order valence-corrected chi connectivity index (χ0v) is 15.3. The van der Waals surface area contributed by atoms with Gasteiger partial charge in [-0.1, -0.05) is 55.0 Å². The Kier molecular flexibility index (Phi) is 4.89. The molecule has 2 heterocycles. The summed E-state index contributed by atoms with van der Waals surface area (Å²) in [5, 5.41) is 2.84. The minimum atomic E-state index is -0.0271. The van der Waals surface area contributed by atoms with Crippen LogP contribution in [0.3, 0.4) is 0 Å². The summed E-state index contributed by atoms with van der Waals surface area (Å²) in [6.07, 6.45) is 7.45. The van der Waals surface area contributed by atoms with Gasteiger partial charge in [0.2, 0.25) is 5.91 Å². The molecule has 4 rings (SSSR count). The first-order valence-electron chi connectivity index (χ1n) is 9.57. The van der Waals surface area contributed by atoms with E-state index in [0.29, 0.717) is 12.1 Å². The highest BCUT2D eigenvalue weighted by Gasteiger charge is 2.33. The lowest BCUT2D eigenvalue weighted by atomic mass is 9.82. The van der Waals surface area contributed by atoms with Crippen LogP contribution in [0.2, 0.25) is 0 Å². The van der Waals surface area contributed by atoms with Crippen molar-refractivity contribution in [3.05, 3.63) is 71.8 Å². The molecule has 2 unspecified atom stereocenters. The number of amides is 1. The van der Waals surface area contributed by atoms with Gasteiger partial charge in [0.1, 0.15) is 0 Å². The van der Waals surface area contributed by atoms with Crippen molar-refractivity contribution in [2.45, 2.75) is 51.2 Å². The standard InChI is InChI=1S/C23H26N2O/c1-17(26)24-21-12-10-19(11-13-21)20-14-22-8-5-9-23(15-20)25(22)16-18-6-3-2-4-7-18/h2-4,6-7,10-14,22-23H,5,8-9,15-16H2,1H3,(H,24,26). The van der Waals surface area contributed by atoms with Gasteiger partial charge >= 0.3 is 0 Å². The summed E-state index contributed by atoms with van der Waals surface area (Å²) < 4.78 is 0. The van der Waals surface area contributed by atoms with Gasteiger partial charge < -0.3 is 5.32 Å². The number of nitrogens with zero attached hydrogens (tertiary/aromatic N) is 1. The number of piperidine rings is 1. The van der Waals surface area contributed by atoms with E-state index in [1.165, 1.54) is 36.0 Å². The van der Waals surface area contributed by atoms with E-state index in [-0.39, 0.29) is 5.91 Å². The molecule has 2 aliphatic heterocycles. The molecule has 134 valence electrons. The molecule has 0 aromatic heterocycles. The Bertz CT molecular complexity index is 795. The van der Waals surface area contributed by atoms with E-state index >= 15 is 0 Å². The first-order chi connectivity index (χ1) is 12.7. The average Bonchev–Trinajstić information content (AvgIpc) is 2.62. The quantitative estimate of drug-likeness (QED) is 0.858. The molecule has 1 amide bonds.